The molecule has 1 aromatic rings. The van der Waals surface area contributed by atoms with Crippen molar-refractivity contribution in [2.45, 2.75) is 59.5 Å². The Morgan fingerprint density at radius 3 is 2.15 bits per heavy atom. The minimum absolute atomic E-state index is 0.0547. The van der Waals surface area contributed by atoms with Crippen LogP contribution in [0.5, 0.6) is 0 Å². The van der Waals surface area contributed by atoms with Gasteiger partial charge in [-0.05, 0) is 46.1 Å². The molecule has 0 aromatic heterocycles. The lowest BCUT2D eigenvalue weighted by atomic mass is 9.84. The molecule has 0 fully saturated rings. The SMILES string of the molecule is CCOC(=O)C(CC)C(=O)C(CC(=O)OC(C)(C)C)Cc1ccccc1. The van der Waals surface area contributed by atoms with E-state index in [1.807, 2.05) is 30.3 Å². The van der Waals surface area contributed by atoms with Gasteiger partial charge in [0.1, 0.15) is 11.5 Å². The van der Waals surface area contributed by atoms with Gasteiger partial charge < -0.3 is 9.47 Å². The molecule has 1 aromatic carbocycles. The zero-order valence-corrected chi connectivity index (χ0v) is 16.4. The van der Waals surface area contributed by atoms with Gasteiger partial charge in [0.2, 0.25) is 0 Å². The molecule has 0 saturated carbocycles. The standard InChI is InChI=1S/C21H30O5/c1-6-17(20(24)25-7-2)19(23)16(13-15-11-9-8-10-12-15)14-18(22)26-21(3,4)5/h8-12,16-17H,6-7,13-14H2,1-5H3. The van der Waals surface area contributed by atoms with Crippen LogP contribution in [0.3, 0.4) is 0 Å². The van der Waals surface area contributed by atoms with Crippen molar-refractivity contribution < 1.29 is 23.9 Å². The monoisotopic (exact) mass is 362 g/mol. The minimum Gasteiger partial charge on any atom is -0.465 e. The number of hydrogen-bond acceptors (Lipinski definition) is 5. The van der Waals surface area contributed by atoms with Gasteiger partial charge in [-0.2, -0.15) is 0 Å². The molecular formula is C21H30O5. The first-order valence-electron chi connectivity index (χ1n) is 9.14. The second-order valence-electron chi connectivity index (χ2n) is 7.29. The maximum atomic E-state index is 13.0. The van der Waals surface area contributed by atoms with Crippen LogP contribution in [0.25, 0.3) is 0 Å². The summed E-state index contributed by atoms with van der Waals surface area (Å²) in [5.41, 5.74) is 0.316. The van der Waals surface area contributed by atoms with Gasteiger partial charge in [0.15, 0.2) is 5.78 Å². The average molecular weight is 362 g/mol. The number of carbonyl (C=O) groups is 3. The van der Waals surface area contributed by atoms with Gasteiger partial charge >= 0.3 is 11.9 Å². The summed E-state index contributed by atoms with van der Waals surface area (Å²) in [4.78, 5) is 37.4. The number of esters is 2. The van der Waals surface area contributed by atoms with Crippen LogP contribution >= 0.6 is 0 Å². The van der Waals surface area contributed by atoms with Crippen LogP contribution in [0, 0.1) is 11.8 Å². The van der Waals surface area contributed by atoms with E-state index < -0.39 is 29.4 Å². The number of Topliss-reactive ketones (excluding diaryl/α,β-unsaturated/α-hetero) is 1. The van der Waals surface area contributed by atoms with Gasteiger partial charge in [-0.3, -0.25) is 14.4 Å². The highest BCUT2D eigenvalue weighted by atomic mass is 16.6. The van der Waals surface area contributed by atoms with E-state index >= 15 is 0 Å². The van der Waals surface area contributed by atoms with E-state index in [1.165, 1.54) is 0 Å². The number of benzene rings is 1. The highest BCUT2D eigenvalue weighted by molar-refractivity contribution is 6.01. The maximum absolute atomic E-state index is 13.0. The molecule has 2 unspecified atom stereocenters. The van der Waals surface area contributed by atoms with Crippen LogP contribution in [0.1, 0.15) is 53.0 Å². The van der Waals surface area contributed by atoms with Crippen molar-refractivity contribution in [3.05, 3.63) is 35.9 Å². The molecule has 0 radical (unpaired) electrons. The summed E-state index contributed by atoms with van der Waals surface area (Å²) in [6.45, 7) is 9.05. The van der Waals surface area contributed by atoms with E-state index in [2.05, 4.69) is 0 Å². The summed E-state index contributed by atoms with van der Waals surface area (Å²) >= 11 is 0. The van der Waals surface area contributed by atoms with Crippen molar-refractivity contribution in [3.8, 4) is 0 Å². The number of carbonyl (C=O) groups excluding carboxylic acids is 3. The predicted molar refractivity (Wildman–Crippen MR) is 99.5 cm³/mol. The van der Waals surface area contributed by atoms with Gasteiger partial charge in [-0.1, -0.05) is 37.3 Å². The van der Waals surface area contributed by atoms with Gasteiger partial charge in [0, 0.05) is 5.92 Å². The van der Waals surface area contributed by atoms with Crippen molar-refractivity contribution in [1.82, 2.24) is 0 Å². The molecule has 0 heterocycles. The highest BCUT2D eigenvalue weighted by Gasteiger charge is 2.34. The zero-order valence-electron chi connectivity index (χ0n) is 16.4. The fourth-order valence-corrected chi connectivity index (χ4v) is 2.77. The summed E-state index contributed by atoms with van der Waals surface area (Å²) < 4.78 is 10.4. The van der Waals surface area contributed by atoms with Crippen molar-refractivity contribution in [3.63, 3.8) is 0 Å². The average Bonchev–Trinajstić information content (AvgIpc) is 2.54. The molecule has 5 heteroatoms. The van der Waals surface area contributed by atoms with Gasteiger partial charge in [0.05, 0.1) is 13.0 Å². The van der Waals surface area contributed by atoms with E-state index in [-0.39, 0.29) is 18.8 Å². The molecule has 26 heavy (non-hydrogen) atoms. The zero-order chi connectivity index (χ0) is 19.7. The number of hydrogen-bond donors (Lipinski definition) is 0. The first-order valence-corrected chi connectivity index (χ1v) is 9.14. The third kappa shape index (κ3) is 7.38. The molecule has 2 atom stereocenters. The van der Waals surface area contributed by atoms with E-state index in [9.17, 15) is 14.4 Å². The Hall–Kier alpha value is -2.17. The lowest BCUT2D eigenvalue weighted by Gasteiger charge is -2.23. The second-order valence-corrected chi connectivity index (χ2v) is 7.29. The molecular weight excluding hydrogens is 332 g/mol. The van der Waals surface area contributed by atoms with Gasteiger partial charge in [-0.25, -0.2) is 0 Å². The summed E-state index contributed by atoms with van der Waals surface area (Å²) in [6, 6.07) is 9.46. The third-order valence-corrected chi connectivity index (χ3v) is 3.88. The van der Waals surface area contributed by atoms with Crippen LogP contribution in [0.4, 0.5) is 0 Å². The van der Waals surface area contributed by atoms with Crippen LogP contribution in [-0.2, 0) is 30.3 Å². The lowest BCUT2D eigenvalue weighted by molar-refractivity contribution is -0.160. The Labute approximate surface area is 156 Å². The van der Waals surface area contributed by atoms with Crippen molar-refractivity contribution in [2.75, 3.05) is 6.61 Å². The van der Waals surface area contributed by atoms with Crippen LogP contribution < -0.4 is 0 Å². The number of ether oxygens (including phenoxy) is 2. The fourth-order valence-electron chi connectivity index (χ4n) is 2.77. The van der Waals surface area contributed by atoms with E-state index in [1.54, 1.807) is 34.6 Å². The number of rotatable bonds is 9. The molecule has 0 spiro atoms. The lowest BCUT2D eigenvalue weighted by Crippen LogP contribution is -2.34. The van der Waals surface area contributed by atoms with Crippen molar-refractivity contribution in [1.29, 1.82) is 0 Å². The smallest absolute Gasteiger partial charge is 0.316 e. The highest BCUT2D eigenvalue weighted by Crippen LogP contribution is 2.22. The molecule has 0 aliphatic rings. The summed E-state index contributed by atoms with van der Waals surface area (Å²) in [5, 5.41) is 0. The quantitative estimate of drug-likeness (QED) is 0.494. The summed E-state index contributed by atoms with van der Waals surface area (Å²) in [7, 11) is 0. The molecule has 0 saturated heterocycles. The van der Waals surface area contributed by atoms with E-state index in [4.69, 9.17) is 9.47 Å². The Bertz CT molecular complexity index is 601. The first kappa shape index (κ1) is 21.9. The molecule has 0 aliphatic carbocycles. The molecule has 0 aliphatic heterocycles. The third-order valence-electron chi connectivity index (χ3n) is 3.88. The Morgan fingerprint density at radius 1 is 1.04 bits per heavy atom. The Kier molecular flexibility index (Phi) is 8.49. The maximum Gasteiger partial charge on any atom is 0.316 e. The first-order chi connectivity index (χ1) is 12.2. The predicted octanol–water partition coefficient (Wildman–Crippen LogP) is 3.74. The molecule has 0 bridgehead atoms. The fraction of sp³-hybridized carbons (Fsp3) is 0.571. The molecule has 0 amide bonds. The topological polar surface area (TPSA) is 69.7 Å². The van der Waals surface area contributed by atoms with Crippen LogP contribution in [0.15, 0.2) is 30.3 Å². The van der Waals surface area contributed by atoms with Gasteiger partial charge in [-0.15, -0.1) is 0 Å². The van der Waals surface area contributed by atoms with Crippen molar-refractivity contribution >= 4 is 17.7 Å². The van der Waals surface area contributed by atoms with E-state index in [0.29, 0.717) is 12.8 Å². The largest absolute Gasteiger partial charge is 0.465 e. The normalized spacial score (nSPS) is 13.6. The minimum atomic E-state index is -0.855. The van der Waals surface area contributed by atoms with Crippen molar-refractivity contribution in [2.24, 2.45) is 11.8 Å². The summed E-state index contributed by atoms with van der Waals surface area (Å²) in [6.07, 6.45) is 0.674. The van der Waals surface area contributed by atoms with Gasteiger partial charge in [0.25, 0.3) is 0 Å². The van der Waals surface area contributed by atoms with Crippen LogP contribution in [-0.4, -0.2) is 29.9 Å². The van der Waals surface area contributed by atoms with Crippen LogP contribution in [0.2, 0.25) is 0 Å². The van der Waals surface area contributed by atoms with E-state index in [0.717, 1.165) is 5.56 Å². The second kappa shape index (κ2) is 10.1. The molecule has 1 rings (SSSR count). The molecule has 5 nitrogen and oxygen atoms in total. The summed E-state index contributed by atoms with van der Waals surface area (Å²) in [5.74, 6) is -2.71. The number of ketones is 1. The Balaban J connectivity index is 2.99. The molecule has 0 N–H and O–H groups in total. The Morgan fingerprint density at radius 2 is 1.65 bits per heavy atom. The molecule has 144 valence electrons.